The zero-order chi connectivity index (χ0) is 10.4. The van der Waals surface area contributed by atoms with Crippen molar-refractivity contribution in [3.63, 3.8) is 0 Å². The molecule has 14 heavy (non-hydrogen) atoms. The van der Waals surface area contributed by atoms with Gasteiger partial charge in [0, 0.05) is 13.1 Å². The molecule has 1 saturated heterocycles. The van der Waals surface area contributed by atoms with Gasteiger partial charge in [0.15, 0.2) is 0 Å². The van der Waals surface area contributed by atoms with Crippen molar-refractivity contribution in [3.05, 3.63) is 0 Å². The van der Waals surface area contributed by atoms with Gasteiger partial charge in [0.25, 0.3) is 0 Å². The van der Waals surface area contributed by atoms with Crippen molar-refractivity contribution in [2.45, 2.75) is 38.9 Å². The molecule has 0 spiro atoms. The minimum absolute atomic E-state index is 0.445. The molecule has 0 aromatic rings. The maximum absolute atomic E-state index is 5.93. The van der Waals surface area contributed by atoms with Gasteiger partial charge < -0.3 is 15.0 Å². The van der Waals surface area contributed by atoms with Crippen molar-refractivity contribution in [3.8, 4) is 0 Å². The molecule has 84 valence electrons. The Hall–Kier alpha value is -0.120. The summed E-state index contributed by atoms with van der Waals surface area (Å²) < 4.78 is 5.93. The lowest BCUT2D eigenvalue weighted by Crippen LogP contribution is -2.33. The van der Waals surface area contributed by atoms with Crippen LogP contribution in [-0.2, 0) is 4.74 Å². The lowest BCUT2D eigenvalue weighted by Gasteiger charge is -2.22. The van der Waals surface area contributed by atoms with E-state index in [0.29, 0.717) is 12.2 Å². The van der Waals surface area contributed by atoms with Gasteiger partial charge in [-0.05, 0) is 33.0 Å². The van der Waals surface area contributed by atoms with E-state index in [9.17, 15) is 0 Å². The van der Waals surface area contributed by atoms with Crippen molar-refractivity contribution < 1.29 is 4.74 Å². The van der Waals surface area contributed by atoms with E-state index in [2.05, 4.69) is 24.1 Å². The Labute approximate surface area is 87.8 Å². The first-order valence-corrected chi connectivity index (χ1v) is 5.82. The van der Waals surface area contributed by atoms with E-state index in [1.54, 1.807) is 0 Å². The molecule has 0 aromatic carbocycles. The Balaban J connectivity index is 2.21. The molecule has 2 atom stereocenters. The van der Waals surface area contributed by atoms with Gasteiger partial charge in [-0.3, -0.25) is 0 Å². The van der Waals surface area contributed by atoms with Gasteiger partial charge in [0.2, 0.25) is 0 Å². The zero-order valence-electron chi connectivity index (χ0n) is 9.75. The molecule has 0 radical (unpaired) electrons. The average Bonchev–Trinajstić information content (AvgIpc) is 2.63. The number of likely N-dealkylation sites (N-methyl/N-ethyl adjacent to an activating group) is 2. The minimum atomic E-state index is 0.445. The van der Waals surface area contributed by atoms with Crippen LogP contribution in [0.2, 0.25) is 0 Å². The first-order chi connectivity index (χ1) is 6.80. The highest BCUT2D eigenvalue weighted by atomic mass is 16.5. The van der Waals surface area contributed by atoms with Crippen LogP contribution in [0, 0.1) is 0 Å². The van der Waals surface area contributed by atoms with E-state index in [-0.39, 0.29) is 0 Å². The van der Waals surface area contributed by atoms with E-state index >= 15 is 0 Å². The van der Waals surface area contributed by atoms with Gasteiger partial charge in [-0.15, -0.1) is 0 Å². The van der Waals surface area contributed by atoms with Gasteiger partial charge in [-0.2, -0.15) is 0 Å². The number of rotatable bonds is 6. The normalized spacial score (nSPS) is 27.4. The third-order valence-corrected chi connectivity index (χ3v) is 2.98. The summed E-state index contributed by atoms with van der Waals surface area (Å²) in [6.45, 7) is 8.79. The Kier molecular flexibility index (Phi) is 5.45. The summed E-state index contributed by atoms with van der Waals surface area (Å²) in [4.78, 5) is 2.44. The largest absolute Gasteiger partial charge is 0.372 e. The fourth-order valence-electron chi connectivity index (χ4n) is 2.06. The van der Waals surface area contributed by atoms with Crippen LogP contribution >= 0.6 is 0 Å². The molecular weight excluding hydrogens is 176 g/mol. The quantitative estimate of drug-likeness (QED) is 0.695. The molecule has 0 amide bonds. The van der Waals surface area contributed by atoms with Crippen LogP contribution in [-0.4, -0.2) is 50.3 Å². The number of ether oxygens (including phenoxy) is 1. The number of nitrogens with one attached hydrogen (secondary N) is 1. The van der Waals surface area contributed by atoms with E-state index in [1.165, 1.54) is 12.8 Å². The van der Waals surface area contributed by atoms with Gasteiger partial charge in [-0.1, -0.05) is 13.8 Å². The Morgan fingerprint density at radius 1 is 1.21 bits per heavy atom. The highest BCUT2D eigenvalue weighted by Gasteiger charge is 2.25. The first-order valence-electron chi connectivity index (χ1n) is 5.82. The summed E-state index contributed by atoms with van der Waals surface area (Å²) in [6, 6.07) is 0. The van der Waals surface area contributed by atoms with Crippen molar-refractivity contribution in [1.82, 2.24) is 10.2 Å². The van der Waals surface area contributed by atoms with Gasteiger partial charge in [0.05, 0.1) is 12.2 Å². The standard InChI is InChI=1S/C11H24N2O/c1-4-13(5-2)9-11-7-6-10(14-11)8-12-3/h10-12H,4-9H2,1-3H3. The molecule has 0 bridgehead atoms. The van der Waals surface area contributed by atoms with Crippen LogP contribution < -0.4 is 5.32 Å². The molecule has 3 heteroatoms. The lowest BCUT2D eigenvalue weighted by molar-refractivity contribution is 0.0260. The minimum Gasteiger partial charge on any atom is -0.372 e. The van der Waals surface area contributed by atoms with Crippen LogP contribution in [0.3, 0.4) is 0 Å². The molecule has 1 fully saturated rings. The molecule has 1 heterocycles. The molecule has 2 unspecified atom stereocenters. The molecular formula is C11H24N2O. The molecule has 0 saturated carbocycles. The molecule has 1 N–H and O–H groups in total. The molecule has 3 nitrogen and oxygen atoms in total. The average molecular weight is 200 g/mol. The topological polar surface area (TPSA) is 24.5 Å². The third-order valence-electron chi connectivity index (χ3n) is 2.98. The van der Waals surface area contributed by atoms with Crippen LogP contribution in [0.15, 0.2) is 0 Å². The molecule has 0 aromatic heterocycles. The highest BCUT2D eigenvalue weighted by molar-refractivity contribution is 4.77. The summed E-state index contributed by atoms with van der Waals surface area (Å²) in [7, 11) is 1.99. The second kappa shape index (κ2) is 6.38. The van der Waals surface area contributed by atoms with Crippen LogP contribution in [0.4, 0.5) is 0 Å². The predicted molar refractivity (Wildman–Crippen MR) is 59.6 cm³/mol. The molecule has 1 aliphatic heterocycles. The van der Waals surface area contributed by atoms with Gasteiger partial charge in [-0.25, -0.2) is 0 Å². The second-order valence-electron chi connectivity index (χ2n) is 4.00. The smallest absolute Gasteiger partial charge is 0.0707 e. The van der Waals surface area contributed by atoms with E-state index in [4.69, 9.17) is 4.74 Å². The summed E-state index contributed by atoms with van der Waals surface area (Å²) in [5.41, 5.74) is 0. The summed E-state index contributed by atoms with van der Waals surface area (Å²) >= 11 is 0. The number of hydrogen-bond acceptors (Lipinski definition) is 3. The zero-order valence-corrected chi connectivity index (χ0v) is 9.75. The van der Waals surface area contributed by atoms with Crippen LogP contribution in [0.25, 0.3) is 0 Å². The van der Waals surface area contributed by atoms with E-state index in [0.717, 1.165) is 26.2 Å². The van der Waals surface area contributed by atoms with Crippen LogP contribution in [0.1, 0.15) is 26.7 Å². The van der Waals surface area contributed by atoms with Crippen molar-refractivity contribution >= 4 is 0 Å². The van der Waals surface area contributed by atoms with Crippen LogP contribution in [0.5, 0.6) is 0 Å². The van der Waals surface area contributed by atoms with Gasteiger partial charge >= 0.3 is 0 Å². The SMILES string of the molecule is CCN(CC)CC1CCC(CNC)O1. The Morgan fingerprint density at radius 2 is 1.86 bits per heavy atom. The third kappa shape index (κ3) is 3.56. The van der Waals surface area contributed by atoms with Crippen molar-refractivity contribution in [2.24, 2.45) is 0 Å². The van der Waals surface area contributed by atoms with E-state index < -0.39 is 0 Å². The number of nitrogens with zero attached hydrogens (tertiary/aromatic N) is 1. The predicted octanol–water partition coefficient (Wildman–Crippen LogP) is 1.10. The molecule has 0 aliphatic carbocycles. The van der Waals surface area contributed by atoms with Crippen molar-refractivity contribution in [1.29, 1.82) is 0 Å². The second-order valence-corrected chi connectivity index (χ2v) is 4.00. The summed E-state index contributed by atoms with van der Waals surface area (Å²) in [6.07, 6.45) is 3.35. The fraction of sp³-hybridized carbons (Fsp3) is 1.00. The number of hydrogen-bond donors (Lipinski definition) is 1. The first kappa shape index (κ1) is 12.0. The molecule has 1 rings (SSSR count). The maximum Gasteiger partial charge on any atom is 0.0707 e. The highest BCUT2D eigenvalue weighted by Crippen LogP contribution is 2.19. The van der Waals surface area contributed by atoms with Gasteiger partial charge in [0.1, 0.15) is 0 Å². The summed E-state index contributed by atoms with van der Waals surface area (Å²) in [5.74, 6) is 0. The maximum atomic E-state index is 5.93. The monoisotopic (exact) mass is 200 g/mol. The molecule has 1 aliphatic rings. The lowest BCUT2D eigenvalue weighted by atomic mass is 10.2. The Bertz CT molecular complexity index is 148. The van der Waals surface area contributed by atoms with E-state index in [1.807, 2.05) is 7.05 Å². The van der Waals surface area contributed by atoms with Crippen molar-refractivity contribution in [2.75, 3.05) is 33.2 Å². The summed E-state index contributed by atoms with van der Waals surface area (Å²) in [5, 5.41) is 3.17. The fourth-order valence-corrected chi connectivity index (χ4v) is 2.06. The Morgan fingerprint density at radius 3 is 2.43 bits per heavy atom.